The molecule has 0 radical (unpaired) electrons. The molecule has 0 saturated heterocycles. The van der Waals surface area contributed by atoms with Crippen molar-refractivity contribution in [1.29, 1.82) is 0 Å². The zero-order valence-corrected chi connectivity index (χ0v) is 12.4. The first-order chi connectivity index (χ1) is 10.7. The van der Waals surface area contributed by atoms with E-state index in [1.54, 1.807) is 25.5 Å². The van der Waals surface area contributed by atoms with Crippen LogP contribution in [0.15, 0.2) is 54.9 Å². The number of hydrogen-bond donors (Lipinski definition) is 0. The molecule has 2 heterocycles. The van der Waals surface area contributed by atoms with Crippen molar-refractivity contribution in [3.05, 3.63) is 60.4 Å². The molecule has 0 atom stereocenters. The summed E-state index contributed by atoms with van der Waals surface area (Å²) in [4.78, 5) is 25.6. The summed E-state index contributed by atoms with van der Waals surface area (Å²) in [6, 6.07) is 13.2. The number of benzene rings is 1. The maximum Gasteiger partial charge on any atom is 0.277 e. The number of hydrogen-bond acceptors (Lipinski definition) is 4. The molecule has 0 aliphatic heterocycles. The third kappa shape index (κ3) is 2.66. The topological polar surface area (TPSA) is 55.3 Å². The van der Waals surface area contributed by atoms with Crippen LogP contribution in [0.25, 0.3) is 22.2 Å². The molecular formula is C17H15N3O2. The molecule has 0 N–H and O–H groups in total. The molecule has 0 bridgehead atoms. The van der Waals surface area contributed by atoms with Crippen LogP contribution in [-0.4, -0.2) is 35.1 Å². The lowest BCUT2D eigenvalue weighted by Crippen LogP contribution is -2.25. The Morgan fingerprint density at radius 3 is 2.77 bits per heavy atom. The lowest BCUT2D eigenvalue weighted by molar-refractivity contribution is -0.0756. The van der Waals surface area contributed by atoms with E-state index in [1.165, 1.54) is 12.2 Å². The number of rotatable bonds is 3. The standard InChI is InChI=1S/C17H15N3O2/c1-20(22-2)17(21)14-6-3-5-12(9-14)15-10-13-7-4-8-18-16(13)19-11-15/h3-11H,1-2H3. The zero-order chi connectivity index (χ0) is 15.5. The van der Waals surface area contributed by atoms with Gasteiger partial charge < -0.3 is 0 Å². The van der Waals surface area contributed by atoms with Crippen molar-refractivity contribution in [3.63, 3.8) is 0 Å². The van der Waals surface area contributed by atoms with E-state index in [2.05, 4.69) is 9.97 Å². The van der Waals surface area contributed by atoms with E-state index in [-0.39, 0.29) is 5.91 Å². The highest BCUT2D eigenvalue weighted by Crippen LogP contribution is 2.23. The summed E-state index contributed by atoms with van der Waals surface area (Å²) in [6.45, 7) is 0. The van der Waals surface area contributed by atoms with Crippen molar-refractivity contribution in [2.24, 2.45) is 0 Å². The van der Waals surface area contributed by atoms with Crippen LogP contribution >= 0.6 is 0 Å². The highest BCUT2D eigenvalue weighted by molar-refractivity contribution is 5.95. The lowest BCUT2D eigenvalue weighted by atomic mass is 10.0. The van der Waals surface area contributed by atoms with Gasteiger partial charge in [0.1, 0.15) is 0 Å². The van der Waals surface area contributed by atoms with Gasteiger partial charge in [0.05, 0.1) is 7.11 Å². The third-order valence-corrected chi connectivity index (χ3v) is 3.46. The number of fused-ring (bicyclic) bond motifs is 1. The predicted octanol–water partition coefficient (Wildman–Crippen LogP) is 2.93. The van der Waals surface area contributed by atoms with E-state index in [0.717, 1.165) is 16.5 Å². The van der Waals surface area contributed by atoms with Crippen molar-refractivity contribution in [3.8, 4) is 11.1 Å². The number of amides is 1. The van der Waals surface area contributed by atoms with Gasteiger partial charge in [-0.05, 0) is 35.9 Å². The van der Waals surface area contributed by atoms with Gasteiger partial charge in [-0.1, -0.05) is 12.1 Å². The van der Waals surface area contributed by atoms with Gasteiger partial charge in [-0.3, -0.25) is 9.63 Å². The first-order valence-electron chi connectivity index (χ1n) is 6.82. The van der Waals surface area contributed by atoms with Crippen molar-refractivity contribution in [2.45, 2.75) is 0 Å². The Morgan fingerprint density at radius 1 is 1.09 bits per heavy atom. The van der Waals surface area contributed by atoms with Gasteiger partial charge in [0.2, 0.25) is 0 Å². The second-order valence-corrected chi connectivity index (χ2v) is 4.84. The summed E-state index contributed by atoms with van der Waals surface area (Å²) in [5.41, 5.74) is 3.13. The number of pyridine rings is 2. The molecule has 3 rings (SSSR count). The van der Waals surface area contributed by atoms with Crippen molar-refractivity contribution < 1.29 is 9.63 Å². The average Bonchev–Trinajstić information content (AvgIpc) is 2.60. The molecule has 3 aromatic rings. The number of carbonyl (C=O) groups excluding carboxylic acids is 1. The van der Waals surface area contributed by atoms with Gasteiger partial charge in [0.15, 0.2) is 5.65 Å². The molecule has 22 heavy (non-hydrogen) atoms. The van der Waals surface area contributed by atoms with Crippen LogP contribution in [0.3, 0.4) is 0 Å². The smallest absolute Gasteiger partial charge is 0.274 e. The maximum atomic E-state index is 12.1. The minimum absolute atomic E-state index is 0.195. The minimum Gasteiger partial charge on any atom is -0.274 e. The lowest BCUT2D eigenvalue weighted by Gasteiger charge is -2.14. The van der Waals surface area contributed by atoms with Gasteiger partial charge in [-0.2, -0.15) is 0 Å². The fourth-order valence-electron chi connectivity index (χ4n) is 2.22. The summed E-state index contributed by atoms with van der Waals surface area (Å²) >= 11 is 0. The molecule has 1 aromatic carbocycles. The molecule has 5 heteroatoms. The Balaban J connectivity index is 2.01. The molecule has 5 nitrogen and oxygen atoms in total. The highest BCUT2D eigenvalue weighted by atomic mass is 16.7. The van der Waals surface area contributed by atoms with Crippen LogP contribution in [0.2, 0.25) is 0 Å². The molecule has 2 aromatic heterocycles. The van der Waals surface area contributed by atoms with Gasteiger partial charge >= 0.3 is 0 Å². The van der Waals surface area contributed by atoms with E-state index in [1.807, 2.05) is 36.4 Å². The van der Waals surface area contributed by atoms with E-state index in [9.17, 15) is 4.79 Å². The van der Waals surface area contributed by atoms with Crippen LogP contribution in [-0.2, 0) is 4.84 Å². The van der Waals surface area contributed by atoms with Gasteiger partial charge in [-0.25, -0.2) is 15.0 Å². The van der Waals surface area contributed by atoms with Gasteiger partial charge in [0.25, 0.3) is 5.91 Å². The number of carbonyl (C=O) groups is 1. The maximum absolute atomic E-state index is 12.1. The largest absolute Gasteiger partial charge is 0.277 e. The molecule has 0 unspecified atom stereocenters. The van der Waals surface area contributed by atoms with Crippen molar-refractivity contribution in [2.75, 3.05) is 14.2 Å². The fourth-order valence-corrected chi connectivity index (χ4v) is 2.22. The molecule has 0 aliphatic rings. The predicted molar refractivity (Wildman–Crippen MR) is 84.1 cm³/mol. The Kier molecular flexibility index (Phi) is 3.80. The monoisotopic (exact) mass is 293 g/mol. The first kappa shape index (κ1) is 14.2. The van der Waals surface area contributed by atoms with Crippen molar-refractivity contribution in [1.82, 2.24) is 15.0 Å². The summed E-state index contributed by atoms with van der Waals surface area (Å²) < 4.78 is 0. The van der Waals surface area contributed by atoms with Crippen molar-refractivity contribution >= 4 is 16.9 Å². The zero-order valence-electron chi connectivity index (χ0n) is 12.4. The van der Waals surface area contributed by atoms with Crippen LogP contribution in [0, 0.1) is 0 Å². The summed E-state index contributed by atoms with van der Waals surface area (Å²) in [7, 11) is 3.04. The van der Waals surface area contributed by atoms with Gasteiger partial charge in [0, 0.05) is 36.0 Å². The Labute approximate surface area is 128 Å². The number of hydroxylamine groups is 2. The van der Waals surface area contributed by atoms with E-state index >= 15 is 0 Å². The van der Waals surface area contributed by atoms with Gasteiger partial charge in [-0.15, -0.1) is 0 Å². The van der Waals surface area contributed by atoms with E-state index < -0.39 is 0 Å². The molecule has 1 amide bonds. The summed E-state index contributed by atoms with van der Waals surface area (Å²) in [6.07, 6.45) is 3.48. The molecule has 0 aliphatic carbocycles. The Hall–Kier alpha value is -2.79. The highest BCUT2D eigenvalue weighted by Gasteiger charge is 2.12. The van der Waals surface area contributed by atoms with Crippen LogP contribution in [0.4, 0.5) is 0 Å². The first-order valence-corrected chi connectivity index (χ1v) is 6.82. The van der Waals surface area contributed by atoms with E-state index in [4.69, 9.17) is 4.84 Å². The normalized spacial score (nSPS) is 10.6. The van der Waals surface area contributed by atoms with Crippen LogP contribution in [0.5, 0.6) is 0 Å². The second kappa shape index (κ2) is 5.91. The molecule has 0 saturated carbocycles. The van der Waals surface area contributed by atoms with E-state index in [0.29, 0.717) is 11.2 Å². The summed E-state index contributed by atoms with van der Waals surface area (Å²) in [5, 5.41) is 2.16. The fraction of sp³-hybridized carbons (Fsp3) is 0.118. The number of nitrogens with zero attached hydrogens (tertiary/aromatic N) is 3. The SMILES string of the molecule is CON(C)C(=O)c1cccc(-c2cnc3ncccc3c2)c1. The molecule has 110 valence electrons. The minimum atomic E-state index is -0.195. The van der Waals surface area contributed by atoms with Crippen LogP contribution < -0.4 is 0 Å². The molecular weight excluding hydrogens is 278 g/mol. The number of aromatic nitrogens is 2. The molecule has 0 fully saturated rings. The quantitative estimate of drug-likeness (QED) is 0.697. The average molecular weight is 293 g/mol. The molecule has 0 spiro atoms. The third-order valence-electron chi connectivity index (χ3n) is 3.46. The van der Waals surface area contributed by atoms with Crippen LogP contribution in [0.1, 0.15) is 10.4 Å². The Bertz CT molecular complexity index is 833. The summed E-state index contributed by atoms with van der Waals surface area (Å²) in [5.74, 6) is -0.195. The Morgan fingerprint density at radius 2 is 1.95 bits per heavy atom. The second-order valence-electron chi connectivity index (χ2n) is 4.84.